The van der Waals surface area contributed by atoms with Crippen molar-refractivity contribution in [2.24, 2.45) is 11.8 Å². The summed E-state index contributed by atoms with van der Waals surface area (Å²) in [7, 11) is 0. The fraction of sp³-hybridized carbons (Fsp3) is 1.00. The SMILES string of the molecule is CC(C)CCCCN1CC(O)C(O)C(C(F)F)C12CC2. The van der Waals surface area contributed by atoms with Crippen LogP contribution in [0.4, 0.5) is 8.78 Å². The van der Waals surface area contributed by atoms with Crippen LogP contribution in [0.25, 0.3) is 0 Å². The number of alkyl halides is 2. The lowest BCUT2D eigenvalue weighted by atomic mass is 9.82. The Morgan fingerprint density at radius 1 is 1.20 bits per heavy atom. The minimum Gasteiger partial charge on any atom is -0.390 e. The van der Waals surface area contributed by atoms with Crippen LogP contribution in [0.3, 0.4) is 0 Å². The summed E-state index contributed by atoms with van der Waals surface area (Å²) in [6.07, 6.45) is -0.271. The second kappa shape index (κ2) is 6.24. The smallest absolute Gasteiger partial charge is 0.245 e. The molecule has 3 unspecified atom stereocenters. The Bertz CT molecular complexity index is 321. The van der Waals surface area contributed by atoms with Crippen LogP contribution in [0.15, 0.2) is 0 Å². The van der Waals surface area contributed by atoms with Crippen LogP contribution in [0.1, 0.15) is 46.0 Å². The third-order valence-electron chi connectivity index (χ3n) is 4.91. The van der Waals surface area contributed by atoms with E-state index in [1.54, 1.807) is 0 Å². The Morgan fingerprint density at radius 2 is 1.85 bits per heavy atom. The first-order valence-corrected chi connectivity index (χ1v) is 7.78. The van der Waals surface area contributed by atoms with Crippen molar-refractivity contribution in [3.63, 3.8) is 0 Å². The van der Waals surface area contributed by atoms with Crippen LogP contribution < -0.4 is 0 Å². The number of halogens is 2. The van der Waals surface area contributed by atoms with Crippen molar-refractivity contribution >= 4 is 0 Å². The standard InChI is InChI=1S/C15H27F2NO2/c1-10(2)5-3-4-8-18-9-11(19)13(20)12(14(16)17)15(18)6-7-15/h10-14,19-20H,3-9H2,1-2H3. The van der Waals surface area contributed by atoms with Crippen molar-refractivity contribution in [1.82, 2.24) is 4.90 Å². The van der Waals surface area contributed by atoms with E-state index in [1.807, 2.05) is 4.90 Å². The molecule has 1 aliphatic heterocycles. The number of aliphatic hydroxyl groups excluding tert-OH is 2. The Hall–Kier alpha value is -0.260. The first-order chi connectivity index (χ1) is 9.38. The number of aliphatic hydroxyl groups is 2. The summed E-state index contributed by atoms with van der Waals surface area (Å²) in [5.74, 6) is -0.441. The Balaban J connectivity index is 1.95. The second-order valence-corrected chi connectivity index (χ2v) is 6.86. The molecule has 0 aromatic rings. The summed E-state index contributed by atoms with van der Waals surface area (Å²) in [5, 5.41) is 19.7. The molecule has 3 nitrogen and oxygen atoms in total. The van der Waals surface area contributed by atoms with Gasteiger partial charge in [0.2, 0.25) is 6.43 Å². The average Bonchev–Trinajstić information content (AvgIpc) is 3.11. The van der Waals surface area contributed by atoms with E-state index in [0.29, 0.717) is 12.5 Å². The molecule has 0 bridgehead atoms. The highest BCUT2D eigenvalue weighted by atomic mass is 19.3. The van der Waals surface area contributed by atoms with Crippen molar-refractivity contribution < 1.29 is 19.0 Å². The van der Waals surface area contributed by atoms with Gasteiger partial charge in [0.15, 0.2) is 0 Å². The molecule has 5 heteroatoms. The van der Waals surface area contributed by atoms with Crippen LogP contribution in [0.2, 0.25) is 0 Å². The molecule has 2 fully saturated rings. The molecule has 0 amide bonds. The van der Waals surface area contributed by atoms with Crippen molar-refractivity contribution in [2.45, 2.75) is 70.1 Å². The molecule has 0 aromatic carbocycles. The molecule has 1 saturated carbocycles. The summed E-state index contributed by atoms with van der Waals surface area (Å²) in [4.78, 5) is 2.02. The maximum atomic E-state index is 13.2. The number of piperidine rings is 1. The highest BCUT2D eigenvalue weighted by Crippen LogP contribution is 2.54. The van der Waals surface area contributed by atoms with Crippen LogP contribution in [0.5, 0.6) is 0 Å². The summed E-state index contributed by atoms with van der Waals surface area (Å²) in [5.41, 5.74) is -0.551. The monoisotopic (exact) mass is 291 g/mol. The fourth-order valence-corrected chi connectivity index (χ4v) is 3.61. The van der Waals surface area contributed by atoms with Gasteiger partial charge < -0.3 is 10.2 Å². The predicted octanol–water partition coefficient (Wildman–Crippen LogP) is 2.26. The normalized spacial score (nSPS) is 33.3. The van der Waals surface area contributed by atoms with E-state index in [9.17, 15) is 19.0 Å². The third kappa shape index (κ3) is 3.15. The zero-order valence-corrected chi connectivity index (χ0v) is 12.4. The van der Waals surface area contributed by atoms with Crippen LogP contribution in [-0.2, 0) is 0 Å². The summed E-state index contributed by atoms with van der Waals surface area (Å²) in [6.45, 7) is 5.43. The van der Waals surface area contributed by atoms with Gasteiger partial charge >= 0.3 is 0 Å². The van der Waals surface area contributed by atoms with E-state index in [-0.39, 0.29) is 0 Å². The largest absolute Gasteiger partial charge is 0.390 e. The molecular formula is C15H27F2NO2. The number of hydrogen-bond donors (Lipinski definition) is 2. The van der Waals surface area contributed by atoms with Gasteiger partial charge in [-0.1, -0.05) is 26.7 Å². The maximum absolute atomic E-state index is 13.2. The number of hydrogen-bond acceptors (Lipinski definition) is 3. The number of nitrogens with zero attached hydrogens (tertiary/aromatic N) is 1. The van der Waals surface area contributed by atoms with Gasteiger partial charge in [-0.15, -0.1) is 0 Å². The van der Waals surface area contributed by atoms with Gasteiger partial charge in [0.25, 0.3) is 0 Å². The molecule has 0 radical (unpaired) electrons. The molecule has 118 valence electrons. The van der Waals surface area contributed by atoms with E-state index in [2.05, 4.69) is 13.8 Å². The maximum Gasteiger partial charge on any atom is 0.245 e. The van der Waals surface area contributed by atoms with Crippen molar-refractivity contribution in [2.75, 3.05) is 13.1 Å². The molecular weight excluding hydrogens is 264 g/mol. The van der Waals surface area contributed by atoms with Crippen LogP contribution in [-0.4, -0.2) is 52.4 Å². The molecule has 1 saturated heterocycles. The second-order valence-electron chi connectivity index (χ2n) is 6.86. The van der Waals surface area contributed by atoms with E-state index in [0.717, 1.165) is 38.6 Å². The summed E-state index contributed by atoms with van der Waals surface area (Å²) in [6, 6.07) is 0. The number of β-amino-alcohol motifs (C(OH)–C–C–N with tert-alkyl or cyclic N) is 1. The Kier molecular flexibility index (Phi) is 5.03. The minimum atomic E-state index is -2.57. The first kappa shape index (κ1) is 16.1. The van der Waals surface area contributed by atoms with Gasteiger partial charge in [0.05, 0.1) is 18.1 Å². The predicted molar refractivity (Wildman–Crippen MR) is 73.7 cm³/mol. The molecule has 2 aliphatic rings. The van der Waals surface area contributed by atoms with Crippen LogP contribution >= 0.6 is 0 Å². The lowest BCUT2D eigenvalue weighted by molar-refractivity contribution is -0.151. The lowest BCUT2D eigenvalue weighted by Crippen LogP contribution is -2.62. The number of unbranched alkanes of at least 4 members (excludes halogenated alkanes) is 1. The van der Waals surface area contributed by atoms with E-state index in [4.69, 9.17) is 0 Å². The molecule has 1 spiro atoms. The quantitative estimate of drug-likeness (QED) is 0.738. The first-order valence-electron chi connectivity index (χ1n) is 7.78. The van der Waals surface area contributed by atoms with Gasteiger partial charge in [-0.25, -0.2) is 8.78 Å². The molecule has 1 aliphatic carbocycles. The zero-order chi connectivity index (χ0) is 14.9. The van der Waals surface area contributed by atoms with Gasteiger partial charge in [-0.3, -0.25) is 4.90 Å². The number of likely N-dealkylation sites (tertiary alicyclic amines) is 1. The topological polar surface area (TPSA) is 43.7 Å². The van der Waals surface area contributed by atoms with Gasteiger partial charge in [0.1, 0.15) is 0 Å². The minimum absolute atomic E-state index is 0.325. The van der Waals surface area contributed by atoms with Gasteiger partial charge in [0, 0.05) is 12.1 Å². The van der Waals surface area contributed by atoms with Crippen LogP contribution in [0, 0.1) is 11.8 Å². The van der Waals surface area contributed by atoms with E-state index < -0.39 is 30.1 Å². The lowest BCUT2D eigenvalue weighted by Gasteiger charge is -2.46. The summed E-state index contributed by atoms with van der Waals surface area (Å²) < 4.78 is 26.5. The molecule has 1 heterocycles. The average molecular weight is 291 g/mol. The summed E-state index contributed by atoms with van der Waals surface area (Å²) >= 11 is 0. The molecule has 20 heavy (non-hydrogen) atoms. The highest BCUT2D eigenvalue weighted by Gasteiger charge is 2.62. The third-order valence-corrected chi connectivity index (χ3v) is 4.91. The number of rotatable bonds is 6. The van der Waals surface area contributed by atoms with E-state index in [1.165, 1.54) is 0 Å². The van der Waals surface area contributed by atoms with Crippen molar-refractivity contribution in [3.8, 4) is 0 Å². The molecule has 3 atom stereocenters. The zero-order valence-electron chi connectivity index (χ0n) is 12.4. The van der Waals surface area contributed by atoms with Gasteiger partial charge in [-0.05, 0) is 31.7 Å². The van der Waals surface area contributed by atoms with Crippen molar-refractivity contribution in [3.05, 3.63) is 0 Å². The van der Waals surface area contributed by atoms with Crippen molar-refractivity contribution in [1.29, 1.82) is 0 Å². The molecule has 0 aromatic heterocycles. The Labute approximate surface area is 120 Å². The van der Waals surface area contributed by atoms with E-state index >= 15 is 0 Å². The fourth-order valence-electron chi connectivity index (χ4n) is 3.61. The Morgan fingerprint density at radius 3 is 2.35 bits per heavy atom. The molecule has 2 rings (SSSR count). The van der Waals surface area contributed by atoms with Gasteiger partial charge in [-0.2, -0.15) is 0 Å². The molecule has 2 N–H and O–H groups in total. The highest BCUT2D eigenvalue weighted by molar-refractivity contribution is 5.15.